The van der Waals surface area contributed by atoms with E-state index in [2.05, 4.69) is 69.3 Å². The molecule has 0 amide bonds. The highest BCUT2D eigenvalue weighted by Gasteiger charge is 2.52. The Morgan fingerprint density at radius 3 is 1.51 bits per heavy atom. The maximum atomic E-state index is 15.9. The van der Waals surface area contributed by atoms with E-state index in [0.29, 0.717) is 25.0 Å². The normalized spacial score (nSPS) is 12.2. The summed E-state index contributed by atoms with van der Waals surface area (Å²) in [5.41, 5.74) is 2.48. The van der Waals surface area contributed by atoms with E-state index in [1.807, 2.05) is 78.9 Å². The van der Waals surface area contributed by atoms with Crippen molar-refractivity contribution >= 4 is 18.7 Å². The van der Waals surface area contributed by atoms with Crippen LogP contribution in [0.5, 0.6) is 5.75 Å². The minimum Gasteiger partial charge on any atom is -0.532 e. The highest BCUT2D eigenvalue weighted by molar-refractivity contribution is 7.00. The van der Waals surface area contributed by atoms with E-state index in [1.54, 1.807) is 6.07 Å². The molecule has 0 aliphatic carbocycles. The van der Waals surface area contributed by atoms with E-state index in [1.165, 1.54) is 6.07 Å². The lowest BCUT2D eigenvalue weighted by Crippen LogP contribution is -2.68. The Kier molecular flexibility index (Phi) is 10.3. The van der Waals surface area contributed by atoms with E-state index in [0.717, 1.165) is 21.5 Å². The van der Waals surface area contributed by atoms with Crippen molar-refractivity contribution < 1.29 is 18.7 Å². The van der Waals surface area contributed by atoms with Crippen LogP contribution in [0.2, 0.25) is 5.04 Å². The van der Waals surface area contributed by atoms with Crippen LogP contribution in [0.15, 0.2) is 140 Å². The van der Waals surface area contributed by atoms with Crippen LogP contribution in [0, 0.1) is 11.2 Å². The van der Waals surface area contributed by atoms with Crippen LogP contribution in [0.1, 0.15) is 37.5 Å². The van der Waals surface area contributed by atoms with Crippen molar-refractivity contribution in [3.63, 3.8) is 0 Å². The number of aliphatic hydroxyl groups is 1. The van der Waals surface area contributed by atoms with Crippen molar-refractivity contribution in [2.24, 2.45) is 5.41 Å². The molecule has 0 spiro atoms. The Balaban J connectivity index is 1.38. The van der Waals surface area contributed by atoms with Gasteiger partial charge < -0.3 is 14.3 Å². The van der Waals surface area contributed by atoms with Crippen molar-refractivity contribution in [2.45, 2.75) is 45.3 Å². The molecule has 0 bridgehead atoms. The Bertz CT molecular complexity index is 1540. The number of halogens is 1. The van der Waals surface area contributed by atoms with Gasteiger partial charge in [-0.15, -0.1) is 0 Å². The summed E-state index contributed by atoms with van der Waals surface area (Å²) in [5, 5.41) is 12.6. The second kappa shape index (κ2) is 14.4. The molecular formula is C40H43FO3Si. The molecule has 3 nitrogen and oxygen atoms in total. The summed E-state index contributed by atoms with van der Waals surface area (Å²) in [6.45, 7) is 7.06. The van der Waals surface area contributed by atoms with Gasteiger partial charge in [0.05, 0.1) is 19.8 Å². The Morgan fingerprint density at radius 1 is 0.622 bits per heavy atom. The van der Waals surface area contributed by atoms with Crippen LogP contribution in [0.4, 0.5) is 4.39 Å². The predicted octanol–water partition coefficient (Wildman–Crippen LogP) is 7.75. The first-order chi connectivity index (χ1) is 21.7. The smallest absolute Gasteiger partial charge is 0.320 e. The number of benzene rings is 5. The molecule has 5 aromatic carbocycles. The molecule has 0 radical (unpaired) electrons. The van der Waals surface area contributed by atoms with Gasteiger partial charge in [-0.2, -0.15) is 0 Å². The largest absolute Gasteiger partial charge is 0.532 e. The minimum atomic E-state index is -2.97. The lowest BCUT2D eigenvalue weighted by atomic mass is 9.78. The Morgan fingerprint density at radius 2 is 1.09 bits per heavy atom. The summed E-state index contributed by atoms with van der Waals surface area (Å²) >= 11 is 0. The first-order valence-electron chi connectivity index (χ1n) is 15.6. The third-order valence-corrected chi connectivity index (χ3v) is 13.5. The summed E-state index contributed by atoms with van der Waals surface area (Å²) in [6, 6.07) is 46.0. The average Bonchev–Trinajstić information content (AvgIpc) is 3.05. The maximum absolute atomic E-state index is 15.9. The molecule has 45 heavy (non-hydrogen) atoms. The topological polar surface area (TPSA) is 38.7 Å². The highest BCUT2D eigenvalue weighted by atomic mass is 28.4. The Hall–Kier alpha value is -4.03. The zero-order valence-corrected chi connectivity index (χ0v) is 27.5. The second-order valence-corrected chi connectivity index (χ2v) is 17.2. The highest BCUT2D eigenvalue weighted by Crippen LogP contribution is 2.38. The molecule has 0 saturated heterocycles. The number of hydrogen-bond acceptors (Lipinski definition) is 3. The minimum absolute atomic E-state index is 0.0313. The SMILES string of the molecule is CC(C)(C)[Si](Oc1ccc(COCC(CO)(Cc2ccccc2)Cc2ccccc2)cc1F)(c1ccccc1)c1ccccc1. The lowest BCUT2D eigenvalue weighted by Gasteiger charge is -2.43. The summed E-state index contributed by atoms with van der Waals surface area (Å²) in [7, 11) is -2.97. The van der Waals surface area contributed by atoms with Gasteiger partial charge >= 0.3 is 8.32 Å². The van der Waals surface area contributed by atoms with Crippen LogP contribution in [-0.2, 0) is 24.2 Å². The van der Waals surface area contributed by atoms with Crippen molar-refractivity contribution in [3.8, 4) is 5.75 Å². The summed E-state index contributed by atoms with van der Waals surface area (Å²) in [5.74, 6) is -0.169. The first-order valence-corrected chi connectivity index (χ1v) is 17.5. The molecule has 0 heterocycles. The molecular weight excluding hydrogens is 576 g/mol. The fraction of sp³-hybridized carbons (Fsp3) is 0.250. The quantitative estimate of drug-likeness (QED) is 0.137. The second-order valence-electron chi connectivity index (χ2n) is 13.0. The van der Waals surface area contributed by atoms with E-state index in [9.17, 15) is 5.11 Å². The van der Waals surface area contributed by atoms with Crippen LogP contribution in [-0.4, -0.2) is 26.6 Å². The van der Waals surface area contributed by atoms with Gasteiger partial charge in [0.1, 0.15) is 5.75 Å². The van der Waals surface area contributed by atoms with Gasteiger partial charge in [-0.25, -0.2) is 4.39 Å². The van der Waals surface area contributed by atoms with Crippen molar-refractivity contribution in [1.29, 1.82) is 0 Å². The molecule has 0 aromatic heterocycles. The standard InChI is InChI=1S/C40H43FO3Si/c1-39(2,3)45(35-20-12-6-13-21-35,36-22-14-7-15-23-36)44-38-25-24-34(26-37(38)41)29-43-31-40(30-42,27-32-16-8-4-9-17-32)28-33-18-10-5-11-19-33/h4-26,42H,27-31H2,1-3H3. The molecule has 5 rings (SSSR count). The number of rotatable bonds is 13. The van der Waals surface area contributed by atoms with E-state index in [-0.39, 0.29) is 24.0 Å². The maximum Gasteiger partial charge on any atom is 0.320 e. The molecule has 1 N–H and O–H groups in total. The monoisotopic (exact) mass is 618 g/mol. The van der Waals surface area contributed by atoms with Gasteiger partial charge in [-0.05, 0) is 57.1 Å². The van der Waals surface area contributed by atoms with Crippen molar-refractivity contribution in [3.05, 3.63) is 162 Å². The molecule has 0 fully saturated rings. The zero-order valence-electron chi connectivity index (χ0n) is 26.5. The van der Waals surface area contributed by atoms with Crippen LogP contribution >= 0.6 is 0 Å². The van der Waals surface area contributed by atoms with Gasteiger partial charge in [0.25, 0.3) is 0 Å². The summed E-state index contributed by atoms with van der Waals surface area (Å²) in [4.78, 5) is 0. The van der Waals surface area contributed by atoms with Gasteiger partial charge in [0, 0.05) is 5.41 Å². The van der Waals surface area contributed by atoms with Crippen LogP contribution in [0.3, 0.4) is 0 Å². The molecule has 0 aliphatic rings. The fourth-order valence-electron chi connectivity index (χ4n) is 6.30. The number of hydrogen-bond donors (Lipinski definition) is 1. The average molecular weight is 619 g/mol. The summed E-state index contributed by atoms with van der Waals surface area (Å²) in [6.07, 6.45) is 1.33. The number of aliphatic hydroxyl groups excluding tert-OH is 1. The molecule has 5 heteroatoms. The number of ether oxygens (including phenoxy) is 1. The first kappa shape index (κ1) is 32.4. The predicted molar refractivity (Wildman–Crippen MR) is 184 cm³/mol. The van der Waals surface area contributed by atoms with Crippen LogP contribution < -0.4 is 14.8 Å². The van der Waals surface area contributed by atoms with Gasteiger partial charge in [-0.3, -0.25) is 0 Å². The lowest BCUT2D eigenvalue weighted by molar-refractivity contribution is -0.00139. The van der Waals surface area contributed by atoms with Crippen LogP contribution in [0.25, 0.3) is 0 Å². The van der Waals surface area contributed by atoms with E-state index in [4.69, 9.17) is 9.16 Å². The molecule has 0 aliphatic heterocycles. The fourth-order valence-corrected chi connectivity index (χ4v) is 10.7. The van der Waals surface area contributed by atoms with Gasteiger partial charge in [0.2, 0.25) is 0 Å². The van der Waals surface area contributed by atoms with Gasteiger partial charge in [0.15, 0.2) is 5.82 Å². The van der Waals surface area contributed by atoms with Gasteiger partial charge in [-0.1, -0.05) is 148 Å². The Labute approximate surface area is 268 Å². The molecule has 0 saturated carbocycles. The molecule has 0 atom stereocenters. The summed E-state index contributed by atoms with van der Waals surface area (Å²) < 4.78 is 29.1. The molecule has 232 valence electrons. The third-order valence-electron chi connectivity index (χ3n) is 8.53. The third kappa shape index (κ3) is 7.62. The van der Waals surface area contributed by atoms with Crippen molar-refractivity contribution in [1.82, 2.24) is 0 Å². The molecule has 0 unspecified atom stereocenters. The zero-order chi connectivity index (χ0) is 31.8. The van der Waals surface area contributed by atoms with E-state index >= 15 is 4.39 Å². The molecule has 5 aromatic rings. The van der Waals surface area contributed by atoms with E-state index < -0.39 is 19.5 Å². The van der Waals surface area contributed by atoms with Crippen molar-refractivity contribution in [2.75, 3.05) is 13.2 Å².